The summed E-state index contributed by atoms with van der Waals surface area (Å²) in [7, 11) is 0. The van der Waals surface area contributed by atoms with E-state index in [0.29, 0.717) is 0 Å². The molecule has 0 N–H and O–H groups in total. The Morgan fingerprint density at radius 3 is 2.43 bits per heavy atom. The van der Waals surface area contributed by atoms with Crippen molar-refractivity contribution in [3.63, 3.8) is 0 Å². The van der Waals surface area contributed by atoms with Gasteiger partial charge in [0.1, 0.15) is 0 Å². The maximum atomic E-state index is 5.26. The Kier molecular flexibility index (Phi) is 3.13. The molecule has 0 saturated carbocycles. The van der Waals surface area contributed by atoms with Crippen LogP contribution in [0.25, 0.3) is 0 Å². The van der Waals surface area contributed by atoms with Crippen molar-refractivity contribution in [2.24, 2.45) is 17.8 Å². The third kappa shape index (κ3) is 1.96. The van der Waals surface area contributed by atoms with Crippen LogP contribution in [0.3, 0.4) is 0 Å². The first-order valence-electron chi connectivity index (χ1n) is 6.00. The van der Waals surface area contributed by atoms with Gasteiger partial charge in [-0.15, -0.1) is 0 Å². The second-order valence-corrected chi connectivity index (χ2v) is 5.36. The van der Waals surface area contributed by atoms with Crippen LogP contribution in [-0.4, -0.2) is 37.2 Å². The van der Waals surface area contributed by atoms with Crippen molar-refractivity contribution in [3.8, 4) is 0 Å². The molecule has 2 rings (SSSR count). The van der Waals surface area contributed by atoms with Gasteiger partial charge in [-0.25, -0.2) is 0 Å². The minimum Gasteiger partial charge on any atom is -0.378 e. The smallest absolute Gasteiger partial charge is 0.0645 e. The third-order valence-corrected chi connectivity index (χ3v) is 4.00. The number of hydrogen-bond donors (Lipinski definition) is 0. The predicted octanol–water partition coefficient (Wildman–Crippen LogP) is 2.00. The molecule has 0 aromatic carbocycles. The molecular weight excluding hydrogens is 174 g/mol. The van der Waals surface area contributed by atoms with Gasteiger partial charge in [-0.2, -0.15) is 0 Å². The molecule has 2 atom stereocenters. The van der Waals surface area contributed by atoms with E-state index in [4.69, 9.17) is 4.74 Å². The highest BCUT2D eigenvalue weighted by Crippen LogP contribution is 2.31. The molecule has 2 heterocycles. The number of hydrogen-bond acceptors (Lipinski definition) is 2. The van der Waals surface area contributed by atoms with Crippen LogP contribution in [0, 0.1) is 17.8 Å². The van der Waals surface area contributed by atoms with Crippen molar-refractivity contribution in [1.29, 1.82) is 0 Å². The van der Waals surface area contributed by atoms with E-state index in [1.165, 1.54) is 19.5 Å². The van der Waals surface area contributed by atoms with Gasteiger partial charge in [0.2, 0.25) is 0 Å². The van der Waals surface area contributed by atoms with Crippen LogP contribution in [0.1, 0.15) is 27.2 Å². The zero-order valence-corrected chi connectivity index (χ0v) is 9.70. The summed E-state index contributed by atoms with van der Waals surface area (Å²) < 4.78 is 5.26. The van der Waals surface area contributed by atoms with E-state index in [-0.39, 0.29) is 0 Å². The van der Waals surface area contributed by atoms with Crippen molar-refractivity contribution in [2.75, 3.05) is 26.3 Å². The molecule has 2 fully saturated rings. The van der Waals surface area contributed by atoms with E-state index in [2.05, 4.69) is 25.7 Å². The summed E-state index contributed by atoms with van der Waals surface area (Å²) in [5, 5.41) is 0. The van der Waals surface area contributed by atoms with E-state index in [1.54, 1.807) is 0 Å². The molecular formula is C12H23NO. The van der Waals surface area contributed by atoms with Crippen molar-refractivity contribution >= 4 is 0 Å². The minimum absolute atomic E-state index is 0.741. The van der Waals surface area contributed by atoms with Gasteiger partial charge in [0.05, 0.1) is 19.3 Å². The summed E-state index contributed by atoms with van der Waals surface area (Å²) >= 11 is 0. The molecule has 2 nitrogen and oxygen atoms in total. The zero-order valence-electron chi connectivity index (χ0n) is 9.70. The first kappa shape index (κ1) is 10.4. The maximum absolute atomic E-state index is 5.26. The standard InChI is InChI=1S/C12H23NO/c1-9(2)12-4-5-13(6-10(12)3)11-7-14-8-11/h9-12H,4-8H2,1-3H3/t10-,12+/m1/s1. The molecule has 2 heteroatoms. The largest absolute Gasteiger partial charge is 0.378 e. The number of likely N-dealkylation sites (tertiary alicyclic amines) is 1. The molecule has 0 unspecified atom stereocenters. The van der Waals surface area contributed by atoms with Gasteiger partial charge in [-0.3, -0.25) is 4.90 Å². The number of ether oxygens (including phenoxy) is 1. The van der Waals surface area contributed by atoms with Crippen LogP contribution in [-0.2, 0) is 4.74 Å². The van der Waals surface area contributed by atoms with Gasteiger partial charge < -0.3 is 4.74 Å². The summed E-state index contributed by atoms with van der Waals surface area (Å²) in [5.74, 6) is 2.65. The second-order valence-electron chi connectivity index (χ2n) is 5.36. The Morgan fingerprint density at radius 2 is 2.00 bits per heavy atom. The van der Waals surface area contributed by atoms with Crippen molar-refractivity contribution in [1.82, 2.24) is 4.90 Å². The molecule has 2 saturated heterocycles. The highest BCUT2D eigenvalue weighted by atomic mass is 16.5. The average Bonchev–Trinajstić information content (AvgIpc) is 2.00. The number of rotatable bonds is 2. The Labute approximate surface area is 87.6 Å². The SMILES string of the molecule is CC(C)[C@@H]1CCN(C2COC2)C[C@H]1C. The molecule has 0 aliphatic carbocycles. The molecule has 2 aliphatic heterocycles. The average molecular weight is 197 g/mol. The Balaban J connectivity index is 1.85. The molecule has 0 spiro atoms. The molecule has 14 heavy (non-hydrogen) atoms. The van der Waals surface area contributed by atoms with E-state index in [1.807, 2.05) is 0 Å². The lowest BCUT2D eigenvalue weighted by atomic mass is 9.79. The fraction of sp³-hybridized carbons (Fsp3) is 1.00. The van der Waals surface area contributed by atoms with Crippen LogP contribution in [0.5, 0.6) is 0 Å². The molecule has 0 radical (unpaired) electrons. The lowest BCUT2D eigenvalue weighted by Gasteiger charge is -2.45. The van der Waals surface area contributed by atoms with Gasteiger partial charge in [0.15, 0.2) is 0 Å². The summed E-state index contributed by atoms with van der Waals surface area (Å²) in [5.41, 5.74) is 0. The first-order valence-corrected chi connectivity index (χ1v) is 6.00. The zero-order chi connectivity index (χ0) is 10.1. The second kappa shape index (κ2) is 4.19. The highest BCUT2D eigenvalue weighted by molar-refractivity contribution is 4.85. The summed E-state index contributed by atoms with van der Waals surface area (Å²) in [4.78, 5) is 2.63. The molecule has 0 amide bonds. The minimum atomic E-state index is 0.741. The first-order chi connectivity index (χ1) is 6.68. The van der Waals surface area contributed by atoms with Gasteiger partial charge in [0, 0.05) is 6.54 Å². The van der Waals surface area contributed by atoms with E-state index in [9.17, 15) is 0 Å². The normalized spacial score (nSPS) is 36.0. The fourth-order valence-electron chi connectivity index (χ4n) is 2.95. The predicted molar refractivity (Wildman–Crippen MR) is 58.3 cm³/mol. The van der Waals surface area contributed by atoms with Crippen LogP contribution in [0.15, 0.2) is 0 Å². The Hall–Kier alpha value is -0.0800. The lowest BCUT2D eigenvalue weighted by Crippen LogP contribution is -2.54. The van der Waals surface area contributed by atoms with Gasteiger partial charge >= 0.3 is 0 Å². The summed E-state index contributed by atoms with van der Waals surface area (Å²) in [6, 6.07) is 0.741. The molecule has 0 aromatic rings. The van der Waals surface area contributed by atoms with Gasteiger partial charge in [-0.05, 0) is 30.7 Å². The molecule has 82 valence electrons. The van der Waals surface area contributed by atoms with Crippen LogP contribution in [0.4, 0.5) is 0 Å². The van der Waals surface area contributed by atoms with E-state index < -0.39 is 0 Å². The van der Waals surface area contributed by atoms with E-state index >= 15 is 0 Å². The lowest BCUT2D eigenvalue weighted by molar-refractivity contribution is -0.0837. The van der Waals surface area contributed by atoms with Gasteiger partial charge in [-0.1, -0.05) is 20.8 Å². The summed E-state index contributed by atoms with van der Waals surface area (Å²) in [6.45, 7) is 11.7. The van der Waals surface area contributed by atoms with Crippen molar-refractivity contribution in [3.05, 3.63) is 0 Å². The van der Waals surface area contributed by atoms with Crippen LogP contribution in [0.2, 0.25) is 0 Å². The maximum Gasteiger partial charge on any atom is 0.0645 e. The third-order valence-electron chi connectivity index (χ3n) is 4.00. The van der Waals surface area contributed by atoms with Crippen LogP contribution >= 0.6 is 0 Å². The highest BCUT2D eigenvalue weighted by Gasteiger charge is 2.33. The topological polar surface area (TPSA) is 12.5 Å². The Bertz CT molecular complexity index is 189. The molecule has 0 bridgehead atoms. The van der Waals surface area contributed by atoms with Crippen LogP contribution < -0.4 is 0 Å². The van der Waals surface area contributed by atoms with Crippen molar-refractivity contribution < 1.29 is 4.74 Å². The quantitative estimate of drug-likeness (QED) is 0.671. The monoisotopic (exact) mass is 197 g/mol. The fourth-order valence-corrected chi connectivity index (χ4v) is 2.95. The van der Waals surface area contributed by atoms with Crippen molar-refractivity contribution in [2.45, 2.75) is 33.2 Å². The number of piperidine rings is 1. The number of nitrogens with zero attached hydrogens (tertiary/aromatic N) is 1. The molecule has 2 aliphatic rings. The van der Waals surface area contributed by atoms with Gasteiger partial charge in [0.25, 0.3) is 0 Å². The van der Waals surface area contributed by atoms with E-state index in [0.717, 1.165) is 37.0 Å². The molecule has 0 aromatic heterocycles. The Morgan fingerprint density at radius 1 is 1.29 bits per heavy atom. The summed E-state index contributed by atoms with van der Waals surface area (Å²) in [6.07, 6.45) is 1.38.